The number of carbonyl (C=O) groups is 1. The van der Waals surface area contributed by atoms with E-state index < -0.39 is 0 Å². The first-order valence-electron chi connectivity index (χ1n) is 13.3. The highest BCUT2D eigenvalue weighted by Gasteiger charge is 2.22. The van der Waals surface area contributed by atoms with E-state index in [-0.39, 0.29) is 5.91 Å². The number of hydrogen-bond donors (Lipinski definition) is 2. The normalized spacial score (nSPS) is 14.9. The molecule has 0 unspecified atom stereocenters. The molecule has 198 valence electrons. The summed E-state index contributed by atoms with van der Waals surface area (Å²) in [6.07, 6.45) is 6.21. The van der Waals surface area contributed by atoms with Crippen molar-refractivity contribution in [1.82, 2.24) is 14.9 Å². The lowest BCUT2D eigenvalue weighted by Crippen LogP contribution is -2.35. The molecule has 2 aromatic carbocycles. The van der Waals surface area contributed by atoms with Crippen LogP contribution in [0.2, 0.25) is 0 Å². The van der Waals surface area contributed by atoms with Gasteiger partial charge in [-0.3, -0.25) is 14.7 Å². The van der Waals surface area contributed by atoms with Crippen LogP contribution in [0.1, 0.15) is 27.0 Å². The lowest BCUT2D eigenvalue weighted by atomic mass is 10.0. The van der Waals surface area contributed by atoms with Gasteiger partial charge in [0, 0.05) is 73.6 Å². The maximum Gasteiger partial charge on any atom is 0.255 e. The van der Waals surface area contributed by atoms with E-state index in [0.717, 1.165) is 84.3 Å². The summed E-state index contributed by atoms with van der Waals surface area (Å²) in [5.41, 5.74) is 6.69. The molecule has 4 heterocycles. The molecule has 2 N–H and O–H groups in total. The molecule has 0 bridgehead atoms. The van der Waals surface area contributed by atoms with Crippen LogP contribution in [0, 0.1) is 0 Å². The number of fused-ring (bicyclic) bond motifs is 1. The molecule has 0 radical (unpaired) electrons. The molecule has 39 heavy (non-hydrogen) atoms. The number of ether oxygens (including phenoxy) is 2. The van der Waals surface area contributed by atoms with Gasteiger partial charge in [-0.05, 0) is 53.1 Å². The average Bonchev–Trinajstić information content (AvgIpc) is 3.48. The Balaban J connectivity index is 1.11. The second-order valence-electron chi connectivity index (χ2n) is 9.76. The molecular formula is C31H31N5O3. The van der Waals surface area contributed by atoms with Gasteiger partial charge >= 0.3 is 0 Å². The SMILES string of the molecule is O=C(Nc1cccc(CNc2ncc(-c3ccncc3)c3c2CCO3)c1)c1cccc(CN2CCOCC2)c1. The Labute approximate surface area is 228 Å². The summed E-state index contributed by atoms with van der Waals surface area (Å²) >= 11 is 0. The number of hydrogen-bond acceptors (Lipinski definition) is 7. The first-order valence-corrected chi connectivity index (χ1v) is 13.3. The summed E-state index contributed by atoms with van der Waals surface area (Å²) in [7, 11) is 0. The van der Waals surface area contributed by atoms with Crippen LogP contribution in [0.3, 0.4) is 0 Å². The van der Waals surface area contributed by atoms with Gasteiger partial charge in [-0.15, -0.1) is 0 Å². The largest absolute Gasteiger partial charge is 0.492 e. The summed E-state index contributed by atoms with van der Waals surface area (Å²) in [4.78, 5) is 24.2. The molecule has 2 aromatic heterocycles. The molecule has 0 atom stereocenters. The van der Waals surface area contributed by atoms with Crippen molar-refractivity contribution in [3.8, 4) is 16.9 Å². The number of benzene rings is 2. The number of carbonyl (C=O) groups excluding carboxylic acids is 1. The van der Waals surface area contributed by atoms with Gasteiger partial charge in [-0.25, -0.2) is 4.98 Å². The van der Waals surface area contributed by atoms with Crippen molar-refractivity contribution in [2.24, 2.45) is 0 Å². The lowest BCUT2D eigenvalue weighted by molar-refractivity contribution is 0.0342. The maximum absolute atomic E-state index is 13.0. The number of aromatic nitrogens is 2. The Morgan fingerprint density at radius 1 is 0.949 bits per heavy atom. The Morgan fingerprint density at radius 2 is 1.77 bits per heavy atom. The minimum absolute atomic E-state index is 0.118. The number of amides is 1. The lowest BCUT2D eigenvalue weighted by Gasteiger charge is -2.26. The average molecular weight is 522 g/mol. The van der Waals surface area contributed by atoms with Crippen molar-refractivity contribution < 1.29 is 14.3 Å². The van der Waals surface area contributed by atoms with E-state index in [1.165, 1.54) is 0 Å². The highest BCUT2D eigenvalue weighted by molar-refractivity contribution is 6.04. The van der Waals surface area contributed by atoms with Crippen molar-refractivity contribution in [2.45, 2.75) is 19.5 Å². The highest BCUT2D eigenvalue weighted by atomic mass is 16.5. The monoisotopic (exact) mass is 521 g/mol. The van der Waals surface area contributed by atoms with E-state index in [1.807, 2.05) is 60.8 Å². The van der Waals surface area contributed by atoms with Gasteiger partial charge in [0.2, 0.25) is 0 Å². The van der Waals surface area contributed by atoms with Gasteiger partial charge in [0.1, 0.15) is 11.6 Å². The van der Waals surface area contributed by atoms with Crippen molar-refractivity contribution in [3.05, 3.63) is 102 Å². The zero-order valence-corrected chi connectivity index (χ0v) is 21.7. The second kappa shape index (κ2) is 11.6. The molecule has 1 saturated heterocycles. The first-order chi connectivity index (χ1) is 19.2. The third-order valence-electron chi connectivity index (χ3n) is 7.06. The number of rotatable bonds is 8. The molecule has 2 aliphatic rings. The molecular weight excluding hydrogens is 490 g/mol. The van der Waals surface area contributed by atoms with Crippen LogP contribution in [-0.2, 0) is 24.2 Å². The van der Waals surface area contributed by atoms with Gasteiger partial charge in [0.25, 0.3) is 5.91 Å². The fourth-order valence-corrected chi connectivity index (χ4v) is 5.05. The topological polar surface area (TPSA) is 88.6 Å². The van der Waals surface area contributed by atoms with Crippen molar-refractivity contribution in [1.29, 1.82) is 0 Å². The molecule has 1 amide bonds. The highest BCUT2D eigenvalue weighted by Crippen LogP contribution is 2.39. The van der Waals surface area contributed by atoms with Gasteiger partial charge in [0.15, 0.2) is 0 Å². The Bertz CT molecular complexity index is 1450. The van der Waals surface area contributed by atoms with Crippen LogP contribution in [-0.4, -0.2) is 53.7 Å². The zero-order chi connectivity index (χ0) is 26.4. The van der Waals surface area contributed by atoms with Crippen LogP contribution in [0.5, 0.6) is 5.75 Å². The Kier molecular flexibility index (Phi) is 7.47. The summed E-state index contributed by atoms with van der Waals surface area (Å²) in [6.45, 7) is 5.38. The third-order valence-corrected chi connectivity index (χ3v) is 7.06. The summed E-state index contributed by atoms with van der Waals surface area (Å²) < 4.78 is 11.4. The molecule has 0 aliphatic carbocycles. The zero-order valence-electron chi connectivity index (χ0n) is 21.7. The Hall–Kier alpha value is -4.27. The molecule has 4 aromatic rings. The molecule has 8 heteroatoms. The van der Waals surface area contributed by atoms with Crippen LogP contribution in [0.15, 0.2) is 79.3 Å². The number of morpholine rings is 1. The second-order valence-corrected chi connectivity index (χ2v) is 9.76. The molecule has 0 spiro atoms. The van der Waals surface area contributed by atoms with Crippen LogP contribution in [0.4, 0.5) is 11.5 Å². The van der Waals surface area contributed by atoms with Crippen LogP contribution >= 0.6 is 0 Å². The predicted octanol–water partition coefficient (Wildman–Crippen LogP) is 4.78. The molecule has 6 rings (SSSR count). The third kappa shape index (κ3) is 5.92. The van der Waals surface area contributed by atoms with Crippen LogP contribution < -0.4 is 15.4 Å². The van der Waals surface area contributed by atoms with Gasteiger partial charge in [-0.2, -0.15) is 0 Å². The molecule has 0 saturated carbocycles. The minimum atomic E-state index is -0.118. The van der Waals surface area contributed by atoms with Gasteiger partial charge in [0.05, 0.1) is 19.8 Å². The fraction of sp³-hybridized carbons (Fsp3) is 0.258. The molecule has 1 fully saturated rings. The number of anilines is 2. The van der Waals surface area contributed by atoms with Crippen molar-refractivity contribution in [2.75, 3.05) is 43.5 Å². The standard InChI is InChI=1S/C31H31N5O3/c37-31(25-5-1-4-23(17-25)21-36-12-15-38-16-13-36)35-26-6-2-3-22(18-26)19-33-30-27-9-14-39-29(27)28(20-34-30)24-7-10-32-11-8-24/h1-8,10-11,17-18,20H,9,12-16,19,21H2,(H,33,34)(H,35,37). The van der Waals surface area contributed by atoms with Crippen molar-refractivity contribution >= 4 is 17.4 Å². The molecule has 2 aliphatic heterocycles. The van der Waals surface area contributed by atoms with E-state index in [9.17, 15) is 4.79 Å². The van der Waals surface area contributed by atoms with E-state index in [0.29, 0.717) is 18.7 Å². The van der Waals surface area contributed by atoms with Gasteiger partial charge < -0.3 is 20.1 Å². The number of pyridine rings is 2. The summed E-state index contributed by atoms with van der Waals surface area (Å²) in [5.74, 6) is 1.59. The Morgan fingerprint density at radius 3 is 2.64 bits per heavy atom. The predicted molar refractivity (Wildman–Crippen MR) is 151 cm³/mol. The summed E-state index contributed by atoms with van der Waals surface area (Å²) in [5, 5.41) is 6.52. The first kappa shape index (κ1) is 25.0. The number of nitrogens with zero attached hydrogens (tertiary/aromatic N) is 3. The summed E-state index contributed by atoms with van der Waals surface area (Å²) in [6, 6.07) is 19.7. The van der Waals surface area contributed by atoms with E-state index in [2.05, 4.69) is 26.6 Å². The fourth-order valence-electron chi connectivity index (χ4n) is 5.05. The van der Waals surface area contributed by atoms with E-state index in [1.54, 1.807) is 12.4 Å². The minimum Gasteiger partial charge on any atom is -0.492 e. The van der Waals surface area contributed by atoms with E-state index >= 15 is 0 Å². The van der Waals surface area contributed by atoms with Crippen LogP contribution in [0.25, 0.3) is 11.1 Å². The smallest absolute Gasteiger partial charge is 0.255 e. The van der Waals surface area contributed by atoms with E-state index in [4.69, 9.17) is 14.5 Å². The van der Waals surface area contributed by atoms with Gasteiger partial charge in [-0.1, -0.05) is 24.3 Å². The maximum atomic E-state index is 13.0. The number of nitrogens with one attached hydrogen (secondary N) is 2. The molecule has 8 nitrogen and oxygen atoms in total. The quantitative estimate of drug-likeness (QED) is 0.345. The van der Waals surface area contributed by atoms with Crippen molar-refractivity contribution in [3.63, 3.8) is 0 Å².